The molecule has 1 aliphatic carbocycles. The van der Waals surface area contributed by atoms with Gasteiger partial charge in [0.15, 0.2) is 0 Å². The summed E-state index contributed by atoms with van der Waals surface area (Å²) in [6, 6.07) is 0. The van der Waals surface area contributed by atoms with E-state index in [1.165, 1.54) is 25.7 Å². The monoisotopic (exact) mass is 254 g/mol. The van der Waals surface area contributed by atoms with Gasteiger partial charge in [-0.2, -0.15) is 0 Å². The molecule has 1 rings (SSSR count). The number of carbonyl (C=O) groups excluding carboxylic acids is 1. The Morgan fingerprint density at radius 1 is 1.39 bits per heavy atom. The Kier molecular flexibility index (Phi) is 5.64. The molecule has 1 saturated carbocycles. The van der Waals surface area contributed by atoms with Crippen LogP contribution in [0.4, 0.5) is 0 Å². The van der Waals surface area contributed by atoms with Crippen molar-refractivity contribution in [2.75, 3.05) is 20.1 Å². The second-order valence-electron chi connectivity index (χ2n) is 6.96. The average molecular weight is 254 g/mol. The maximum atomic E-state index is 12.2. The van der Waals surface area contributed by atoms with Crippen LogP contribution in [-0.4, -0.2) is 30.9 Å². The van der Waals surface area contributed by atoms with E-state index in [-0.39, 0.29) is 11.3 Å². The van der Waals surface area contributed by atoms with Crippen LogP contribution in [0, 0.1) is 17.3 Å². The third kappa shape index (κ3) is 4.97. The van der Waals surface area contributed by atoms with Gasteiger partial charge in [0.25, 0.3) is 0 Å². The number of nitrogens with two attached hydrogens (primary N) is 1. The van der Waals surface area contributed by atoms with Crippen molar-refractivity contribution >= 4 is 5.91 Å². The smallest absolute Gasteiger partial charge is 0.222 e. The minimum atomic E-state index is 0.0181. The molecular formula is C15H30N2O. The van der Waals surface area contributed by atoms with Gasteiger partial charge in [-0.15, -0.1) is 0 Å². The van der Waals surface area contributed by atoms with Crippen molar-refractivity contribution in [2.45, 2.75) is 52.9 Å². The summed E-state index contributed by atoms with van der Waals surface area (Å²) in [5, 5.41) is 0. The molecule has 1 aliphatic rings. The minimum absolute atomic E-state index is 0.0181. The van der Waals surface area contributed by atoms with Gasteiger partial charge in [-0.3, -0.25) is 4.79 Å². The van der Waals surface area contributed by atoms with Gasteiger partial charge >= 0.3 is 0 Å². The van der Waals surface area contributed by atoms with Crippen molar-refractivity contribution < 1.29 is 4.79 Å². The highest BCUT2D eigenvalue weighted by Crippen LogP contribution is 2.31. The molecule has 1 fully saturated rings. The summed E-state index contributed by atoms with van der Waals surface area (Å²) in [5.41, 5.74) is 5.74. The lowest BCUT2D eigenvalue weighted by Gasteiger charge is -2.31. The Morgan fingerprint density at radius 2 is 2.06 bits per heavy atom. The molecule has 0 bridgehead atoms. The molecule has 0 aromatic rings. The van der Waals surface area contributed by atoms with Crippen LogP contribution in [0.25, 0.3) is 0 Å². The van der Waals surface area contributed by atoms with E-state index < -0.39 is 0 Å². The van der Waals surface area contributed by atoms with Crippen LogP contribution in [0.1, 0.15) is 52.9 Å². The fourth-order valence-corrected chi connectivity index (χ4v) is 2.94. The van der Waals surface area contributed by atoms with E-state index in [0.29, 0.717) is 12.5 Å². The van der Waals surface area contributed by atoms with Crippen LogP contribution in [0.15, 0.2) is 0 Å². The first-order chi connectivity index (χ1) is 8.34. The molecule has 0 aromatic heterocycles. The second-order valence-corrected chi connectivity index (χ2v) is 6.96. The van der Waals surface area contributed by atoms with E-state index in [1.54, 1.807) is 0 Å². The molecule has 3 heteroatoms. The van der Waals surface area contributed by atoms with Gasteiger partial charge < -0.3 is 10.6 Å². The Labute approximate surface area is 112 Å². The van der Waals surface area contributed by atoms with Crippen molar-refractivity contribution in [1.82, 2.24) is 4.90 Å². The Morgan fingerprint density at radius 3 is 2.61 bits per heavy atom. The number of amides is 1. The fourth-order valence-electron chi connectivity index (χ4n) is 2.94. The molecular weight excluding hydrogens is 224 g/mol. The van der Waals surface area contributed by atoms with E-state index >= 15 is 0 Å². The molecule has 1 amide bonds. The summed E-state index contributed by atoms with van der Waals surface area (Å²) in [6.07, 6.45) is 5.80. The minimum Gasteiger partial charge on any atom is -0.345 e. The van der Waals surface area contributed by atoms with Crippen LogP contribution in [0.3, 0.4) is 0 Å². The van der Waals surface area contributed by atoms with Gasteiger partial charge in [-0.1, -0.05) is 33.6 Å². The van der Waals surface area contributed by atoms with Crippen LogP contribution >= 0.6 is 0 Å². The van der Waals surface area contributed by atoms with E-state index in [2.05, 4.69) is 20.8 Å². The first-order valence-corrected chi connectivity index (χ1v) is 7.28. The van der Waals surface area contributed by atoms with Crippen molar-refractivity contribution in [3.63, 3.8) is 0 Å². The summed E-state index contributed by atoms with van der Waals surface area (Å²) in [5.74, 6) is 1.68. The van der Waals surface area contributed by atoms with Crippen LogP contribution in [-0.2, 0) is 4.79 Å². The largest absolute Gasteiger partial charge is 0.345 e. The lowest BCUT2D eigenvalue weighted by molar-refractivity contribution is -0.132. The highest BCUT2D eigenvalue weighted by atomic mass is 16.2. The third-order valence-electron chi connectivity index (χ3n) is 4.15. The quantitative estimate of drug-likeness (QED) is 0.820. The van der Waals surface area contributed by atoms with Gasteiger partial charge in [0, 0.05) is 20.0 Å². The molecule has 0 aromatic carbocycles. The Hall–Kier alpha value is -0.570. The summed E-state index contributed by atoms with van der Waals surface area (Å²) < 4.78 is 0. The van der Waals surface area contributed by atoms with Crippen molar-refractivity contribution in [3.8, 4) is 0 Å². The topological polar surface area (TPSA) is 46.3 Å². The molecule has 2 atom stereocenters. The van der Waals surface area contributed by atoms with Crippen molar-refractivity contribution in [2.24, 2.45) is 23.0 Å². The Balaban J connectivity index is 2.39. The predicted octanol–water partition coefficient (Wildman–Crippen LogP) is 2.65. The van der Waals surface area contributed by atoms with Crippen LogP contribution < -0.4 is 5.73 Å². The van der Waals surface area contributed by atoms with Gasteiger partial charge in [-0.25, -0.2) is 0 Å². The highest BCUT2D eigenvalue weighted by Gasteiger charge is 2.25. The summed E-state index contributed by atoms with van der Waals surface area (Å²) in [6.45, 7) is 7.90. The zero-order chi connectivity index (χ0) is 13.8. The molecule has 0 aliphatic heterocycles. The molecule has 0 heterocycles. The number of rotatable bonds is 5. The Bertz CT molecular complexity index is 276. The second kappa shape index (κ2) is 6.55. The standard InChI is InChI=1S/C15H30N2O/c1-12-6-5-7-13(8-12)9-14(18)17(4)11-15(2,3)10-16/h12-13H,5-11,16H2,1-4H3. The van der Waals surface area contributed by atoms with E-state index in [1.807, 2.05) is 11.9 Å². The van der Waals surface area contributed by atoms with E-state index in [0.717, 1.165) is 18.9 Å². The molecule has 2 N–H and O–H groups in total. The number of hydrogen-bond acceptors (Lipinski definition) is 2. The molecule has 18 heavy (non-hydrogen) atoms. The summed E-state index contributed by atoms with van der Waals surface area (Å²) in [7, 11) is 1.91. The van der Waals surface area contributed by atoms with E-state index in [4.69, 9.17) is 5.73 Å². The molecule has 0 radical (unpaired) electrons. The summed E-state index contributed by atoms with van der Waals surface area (Å²) >= 11 is 0. The van der Waals surface area contributed by atoms with Gasteiger partial charge in [-0.05, 0) is 36.6 Å². The lowest BCUT2D eigenvalue weighted by atomic mass is 9.80. The van der Waals surface area contributed by atoms with Gasteiger partial charge in [0.1, 0.15) is 0 Å². The number of carbonyl (C=O) groups is 1. The van der Waals surface area contributed by atoms with Gasteiger partial charge in [0.2, 0.25) is 5.91 Å². The predicted molar refractivity (Wildman–Crippen MR) is 76.2 cm³/mol. The average Bonchev–Trinajstić information content (AvgIpc) is 2.28. The van der Waals surface area contributed by atoms with Crippen LogP contribution in [0.2, 0.25) is 0 Å². The third-order valence-corrected chi connectivity index (χ3v) is 4.15. The van der Waals surface area contributed by atoms with E-state index in [9.17, 15) is 4.79 Å². The van der Waals surface area contributed by atoms with Gasteiger partial charge in [0.05, 0.1) is 0 Å². The molecule has 106 valence electrons. The molecule has 3 nitrogen and oxygen atoms in total. The maximum absolute atomic E-state index is 12.2. The van der Waals surface area contributed by atoms with Crippen LogP contribution in [0.5, 0.6) is 0 Å². The number of nitrogens with zero attached hydrogens (tertiary/aromatic N) is 1. The zero-order valence-corrected chi connectivity index (χ0v) is 12.5. The van der Waals surface area contributed by atoms with Crippen molar-refractivity contribution in [1.29, 1.82) is 0 Å². The SMILES string of the molecule is CC1CCCC(CC(=O)N(C)CC(C)(C)CN)C1. The normalized spacial score (nSPS) is 24.9. The molecule has 2 unspecified atom stereocenters. The lowest BCUT2D eigenvalue weighted by Crippen LogP contribution is -2.40. The summed E-state index contributed by atoms with van der Waals surface area (Å²) in [4.78, 5) is 14.1. The fraction of sp³-hybridized carbons (Fsp3) is 0.933. The molecule has 0 saturated heterocycles. The molecule has 0 spiro atoms. The number of hydrogen-bond donors (Lipinski definition) is 1. The zero-order valence-electron chi connectivity index (χ0n) is 12.5. The first kappa shape index (κ1) is 15.5. The first-order valence-electron chi connectivity index (χ1n) is 7.28. The maximum Gasteiger partial charge on any atom is 0.222 e. The highest BCUT2D eigenvalue weighted by molar-refractivity contribution is 5.76. The van der Waals surface area contributed by atoms with Crippen molar-refractivity contribution in [3.05, 3.63) is 0 Å².